The molecule has 38 heavy (non-hydrogen) atoms. The first-order chi connectivity index (χ1) is 18.3. The molecule has 2 aliphatic rings. The number of nitrogens with one attached hydrogen (secondary N) is 1. The Morgan fingerprint density at radius 2 is 1.66 bits per heavy atom. The second-order valence-electron chi connectivity index (χ2n) is 11.5. The van der Waals surface area contributed by atoms with Gasteiger partial charge >= 0.3 is 0 Å². The molecule has 0 radical (unpaired) electrons. The minimum absolute atomic E-state index is 0.122. The summed E-state index contributed by atoms with van der Waals surface area (Å²) in [6, 6.07) is 15.0. The molecule has 3 amide bonds. The van der Waals surface area contributed by atoms with Crippen LogP contribution in [-0.2, 0) is 14.4 Å². The Labute approximate surface area is 227 Å². The number of para-hydroxylation sites is 1. The molecule has 3 N–H and O–H groups in total. The Morgan fingerprint density at radius 3 is 2.32 bits per heavy atom. The summed E-state index contributed by atoms with van der Waals surface area (Å²) >= 11 is 0. The van der Waals surface area contributed by atoms with Crippen LogP contribution < -0.4 is 16.0 Å². The van der Waals surface area contributed by atoms with Gasteiger partial charge in [0.25, 0.3) is 5.91 Å². The lowest BCUT2D eigenvalue weighted by Gasteiger charge is -2.30. The molecule has 6 heteroatoms. The van der Waals surface area contributed by atoms with Crippen LogP contribution in [-0.4, -0.2) is 24.3 Å². The first-order valence-corrected chi connectivity index (χ1v) is 14.4. The van der Waals surface area contributed by atoms with Gasteiger partial charge in [-0.1, -0.05) is 95.3 Å². The molecule has 1 fully saturated rings. The second-order valence-corrected chi connectivity index (χ2v) is 11.5. The third-order valence-electron chi connectivity index (χ3n) is 8.31. The van der Waals surface area contributed by atoms with Gasteiger partial charge in [0.2, 0.25) is 11.8 Å². The van der Waals surface area contributed by atoms with Gasteiger partial charge < -0.3 is 16.0 Å². The smallest absolute Gasteiger partial charge is 0.254 e. The predicted molar refractivity (Wildman–Crippen MR) is 152 cm³/mol. The fourth-order valence-electron chi connectivity index (χ4n) is 6.38. The average Bonchev–Trinajstić information content (AvgIpc) is 3.40. The van der Waals surface area contributed by atoms with E-state index in [9.17, 15) is 14.4 Å². The fourth-order valence-corrected chi connectivity index (χ4v) is 6.38. The van der Waals surface area contributed by atoms with Crippen LogP contribution in [0, 0.1) is 23.7 Å². The minimum Gasteiger partial charge on any atom is -0.369 e. The molecule has 6 nitrogen and oxygen atoms in total. The molecule has 3 atom stereocenters. The minimum atomic E-state index is -0.834. The summed E-state index contributed by atoms with van der Waals surface area (Å²) in [5.74, 6) is -1.15. The maximum absolute atomic E-state index is 14.3. The molecular weight excluding hydrogens is 474 g/mol. The zero-order valence-electron chi connectivity index (χ0n) is 23.1. The van der Waals surface area contributed by atoms with E-state index in [0.29, 0.717) is 25.3 Å². The topological polar surface area (TPSA) is 92.5 Å². The van der Waals surface area contributed by atoms with E-state index >= 15 is 0 Å². The van der Waals surface area contributed by atoms with E-state index in [1.54, 1.807) is 0 Å². The molecule has 1 aliphatic heterocycles. The number of hydrogen-bond acceptors (Lipinski definition) is 3. The van der Waals surface area contributed by atoms with Crippen molar-refractivity contribution in [1.82, 2.24) is 5.32 Å². The van der Waals surface area contributed by atoms with Gasteiger partial charge in [-0.3, -0.25) is 14.4 Å². The second kappa shape index (κ2) is 12.6. The third kappa shape index (κ3) is 6.11. The van der Waals surface area contributed by atoms with Gasteiger partial charge in [0.15, 0.2) is 0 Å². The quantitative estimate of drug-likeness (QED) is 0.383. The van der Waals surface area contributed by atoms with Crippen LogP contribution >= 0.6 is 0 Å². The van der Waals surface area contributed by atoms with E-state index in [1.807, 2.05) is 68.1 Å². The Kier molecular flexibility index (Phi) is 9.24. The van der Waals surface area contributed by atoms with E-state index in [-0.39, 0.29) is 17.7 Å². The molecule has 4 rings (SSSR count). The van der Waals surface area contributed by atoms with Crippen molar-refractivity contribution < 1.29 is 14.4 Å². The van der Waals surface area contributed by atoms with Gasteiger partial charge in [-0.25, -0.2) is 0 Å². The number of benzene rings is 2. The monoisotopic (exact) mass is 517 g/mol. The van der Waals surface area contributed by atoms with Crippen molar-refractivity contribution in [3.05, 3.63) is 54.1 Å². The van der Waals surface area contributed by atoms with Gasteiger partial charge in [-0.05, 0) is 48.3 Å². The van der Waals surface area contributed by atoms with Crippen molar-refractivity contribution in [2.24, 2.45) is 29.4 Å². The highest BCUT2D eigenvalue weighted by molar-refractivity contribution is 6.06. The summed E-state index contributed by atoms with van der Waals surface area (Å²) in [5.41, 5.74) is 9.41. The lowest BCUT2D eigenvalue weighted by molar-refractivity contribution is -0.136. The van der Waals surface area contributed by atoms with Crippen LogP contribution in [0.25, 0.3) is 11.1 Å². The number of primary amides is 1. The molecular formula is C32H43N3O3. The largest absolute Gasteiger partial charge is 0.369 e. The van der Waals surface area contributed by atoms with Crippen molar-refractivity contribution in [2.45, 2.75) is 78.2 Å². The van der Waals surface area contributed by atoms with Gasteiger partial charge in [0, 0.05) is 23.9 Å². The number of carbonyl (C=O) groups excluding carboxylic acids is 3. The maximum Gasteiger partial charge on any atom is 0.254 e. The summed E-state index contributed by atoms with van der Waals surface area (Å²) in [4.78, 5) is 42.5. The predicted octanol–water partition coefficient (Wildman–Crippen LogP) is 6.00. The van der Waals surface area contributed by atoms with Crippen LogP contribution in [0.2, 0.25) is 0 Å². The summed E-state index contributed by atoms with van der Waals surface area (Å²) < 4.78 is 0. The van der Waals surface area contributed by atoms with Crippen LogP contribution in [0.1, 0.15) is 83.7 Å². The zero-order valence-corrected chi connectivity index (χ0v) is 23.1. The number of nitrogens with two attached hydrogens (primary N) is 1. The first kappa shape index (κ1) is 27.9. The molecule has 1 saturated carbocycles. The number of fused-ring (bicyclic) bond motifs is 3. The standard InChI is InChI=1S/C32H43N3O3/c1-4-11-26(30(33)36)27(20-21(2)3)31(37)34-29-25-16-8-7-14-23(25)24-15-9-10-17-28(24)35(32(29)38)19-18-22-12-5-6-13-22/h7-10,14-17,21-22,26-27,29H,4-6,11-13,18-20H2,1-3H3,(H2,33,36)(H,34,37)/t26-,27+,29?/m0/s1. The van der Waals surface area contributed by atoms with Gasteiger partial charge in [0.1, 0.15) is 6.04 Å². The molecule has 204 valence electrons. The molecule has 0 spiro atoms. The molecule has 1 heterocycles. The van der Waals surface area contributed by atoms with Crippen molar-refractivity contribution >= 4 is 23.4 Å². The summed E-state index contributed by atoms with van der Waals surface area (Å²) in [7, 11) is 0. The number of anilines is 1. The highest BCUT2D eigenvalue weighted by atomic mass is 16.2. The van der Waals surface area contributed by atoms with E-state index in [2.05, 4.69) is 11.4 Å². The zero-order chi connectivity index (χ0) is 27.2. The van der Waals surface area contributed by atoms with Crippen LogP contribution in [0.4, 0.5) is 5.69 Å². The number of hydrogen-bond donors (Lipinski definition) is 2. The van der Waals surface area contributed by atoms with Crippen LogP contribution in [0.5, 0.6) is 0 Å². The van der Waals surface area contributed by atoms with Gasteiger partial charge in [0.05, 0.1) is 5.69 Å². The van der Waals surface area contributed by atoms with E-state index in [1.165, 1.54) is 25.7 Å². The number of carbonyl (C=O) groups is 3. The molecule has 1 unspecified atom stereocenters. The van der Waals surface area contributed by atoms with Crippen molar-refractivity contribution in [3.8, 4) is 11.1 Å². The Morgan fingerprint density at radius 1 is 1.00 bits per heavy atom. The number of nitrogens with zero attached hydrogens (tertiary/aromatic N) is 1. The Bertz CT molecular complexity index is 1140. The van der Waals surface area contributed by atoms with Crippen molar-refractivity contribution in [1.29, 1.82) is 0 Å². The Balaban J connectivity index is 1.71. The average molecular weight is 518 g/mol. The highest BCUT2D eigenvalue weighted by Crippen LogP contribution is 2.41. The lowest BCUT2D eigenvalue weighted by Crippen LogP contribution is -2.47. The van der Waals surface area contributed by atoms with E-state index in [4.69, 9.17) is 5.73 Å². The van der Waals surface area contributed by atoms with Crippen molar-refractivity contribution in [2.75, 3.05) is 11.4 Å². The Hall–Kier alpha value is -3.15. The molecule has 1 aliphatic carbocycles. The van der Waals surface area contributed by atoms with Crippen LogP contribution in [0.15, 0.2) is 48.5 Å². The third-order valence-corrected chi connectivity index (χ3v) is 8.31. The molecule has 0 aromatic heterocycles. The van der Waals surface area contributed by atoms with E-state index in [0.717, 1.165) is 35.2 Å². The number of amides is 3. The number of rotatable bonds is 11. The summed E-state index contributed by atoms with van der Waals surface area (Å²) in [6.07, 6.45) is 7.74. The first-order valence-electron chi connectivity index (χ1n) is 14.4. The molecule has 0 bridgehead atoms. The highest BCUT2D eigenvalue weighted by Gasteiger charge is 2.39. The lowest BCUT2D eigenvalue weighted by atomic mass is 9.81. The fraction of sp³-hybridized carbons (Fsp3) is 0.531. The molecule has 2 aromatic carbocycles. The molecule has 2 aromatic rings. The van der Waals surface area contributed by atoms with Gasteiger partial charge in [-0.15, -0.1) is 0 Å². The maximum atomic E-state index is 14.3. The van der Waals surface area contributed by atoms with Crippen LogP contribution in [0.3, 0.4) is 0 Å². The normalized spacial score (nSPS) is 19.0. The van der Waals surface area contributed by atoms with Gasteiger partial charge in [-0.2, -0.15) is 0 Å². The molecule has 0 saturated heterocycles. The SMILES string of the molecule is CCC[C@H](C(N)=O)[C@@H](CC(C)C)C(=O)NC1C(=O)N(CCC2CCCC2)c2ccccc2-c2ccccc21. The van der Waals surface area contributed by atoms with E-state index < -0.39 is 23.8 Å². The van der Waals surface area contributed by atoms with Crippen molar-refractivity contribution in [3.63, 3.8) is 0 Å². The summed E-state index contributed by atoms with van der Waals surface area (Å²) in [5, 5.41) is 3.12. The summed E-state index contributed by atoms with van der Waals surface area (Å²) in [6.45, 7) is 6.69.